The number of ether oxygens (including phenoxy) is 1. The summed E-state index contributed by atoms with van der Waals surface area (Å²) in [7, 11) is 0. The first-order chi connectivity index (χ1) is 27.0. The Bertz CT molecular complexity index is 1830. The van der Waals surface area contributed by atoms with Crippen molar-refractivity contribution in [1.29, 1.82) is 0 Å². The zero-order valence-electron chi connectivity index (χ0n) is 32.2. The van der Waals surface area contributed by atoms with Crippen molar-refractivity contribution in [3.05, 3.63) is 83.7 Å². The largest absolute Gasteiger partial charge is 0.481 e. The number of aliphatic hydroxyl groups excluding tert-OH is 1. The summed E-state index contributed by atoms with van der Waals surface area (Å²) in [5.74, 6) is -5.96. The molecule has 0 aliphatic carbocycles. The minimum Gasteiger partial charge on any atom is -0.481 e. The fourth-order valence-electron chi connectivity index (χ4n) is 6.08. The van der Waals surface area contributed by atoms with Gasteiger partial charge in [-0.15, -0.1) is 11.8 Å². The number of nitrogens with one attached hydrogen (secondary N) is 2. The van der Waals surface area contributed by atoms with Crippen LogP contribution >= 0.6 is 11.8 Å². The molecule has 0 saturated heterocycles. The third-order valence-electron chi connectivity index (χ3n) is 9.51. The van der Waals surface area contributed by atoms with Crippen LogP contribution < -0.4 is 22.1 Å². The topological polar surface area (TPSA) is 240 Å². The van der Waals surface area contributed by atoms with Crippen molar-refractivity contribution in [1.82, 2.24) is 20.1 Å². The number of halogens is 2. The molecule has 1 heterocycles. The molecule has 57 heavy (non-hydrogen) atoms. The number of aliphatic hydroxyl groups is 1. The van der Waals surface area contributed by atoms with Crippen molar-refractivity contribution in [2.75, 3.05) is 45.2 Å². The number of carbonyl (C=O) groups excluding carboxylic acids is 3. The van der Waals surface area contributed by atoms with Crippen LogP contribution in [0.4, 0.5) is 8.78 Å². The van der Waals surface area contributed by atoms with Crippen LogP contribution in [0.15, 0.2) is 60.8 Å². The van der Waals surface area contributed by atoms with Gasteiger partial charge in [-0.1, -0.05) is 44.2 Å². The van der Waals surface area contributed by atoms with E-state index in [1.807, 2.05) is 55.7 Å². The SMILES string of the molecule is CC(C)[C@](C)(c1cc(-c2cc(F)ccc2F)cn1Cc1ccccc1)N(CC[C@H](N)C(=O)NCCOCCNC(=O)C(CC(=O)O)SC[C@H](N)C(=O)O)C(=O)CO. The second kappa shape index (κ2) is 22.2. The van der Waals surface area contributed by atoms with Gasteiger partial charge in [-0.25, -0.2) is 8.78 Å². The summed E-state index contributed by atoms with van der Waals surface area (Å²) in [6.45, 7) is 5.21. The van der Waals surface area contributed by atoms with E-state index in [2.05, 4.69) is 10.6 Å². The number of carboxylic acids is 2. The van der Waals surface area contributed by atoms with Crippen molar-refractivity contribution in [2.24, 2.45) is 17.4 Å². The summed E-state index contributed by atoms with van der Waals surface area (Å²) in [6, 6.07) is 12.0. The van der Waals surface area contributed by atoms with Crippen molar-refractivity contribution in [3.63, 3.8) is 0 Å². The summed E-state index contributed by atoms with van der Waals surface area (Å²) in [5.41, 5.74) is 12.5. The fraction of sp³-hybridized carbons (Fsp3) is 0.462. The van der Waals surface area contributed by atoms with Gasteiger partial charge >= 0.3 is 11.9 Å². The Balaban J connectivity index is 1.65. The van der Waals surface area contributed by atoms with E-state index in [0.29, 0.717) is 17.8 Å². The third kappa shape index (κ3) is 13.3. The van der Waals surface area contributed by atoms with E-state index in [4.69, 9.17) is 26.4 Å². The summed E-state index contributed by atoms with van der Waals surface area (Å²) >= 11 is 0.826. The van der Waals surface area contributed by atoms with Gasteiger partial charge in [0.2, 0.25) is 17.7 Å². The maximum atomic E-state index is 15.0. The van der Waals surface area contributed by atoms with Gasteiger partial charge in [0.25, 0.3) is 0 Å². The molecule has 0 saturated carbocycles. The molecule has 1 aromatic heterocycles. The average molecular weight is 819 g/mol. The Morgan fingerprint density at radius 3 is 2.19 bits per heavy atom. The van der Waals surface area contributed by atoms with Gasteiger partial charge in [-0.3, -0.25) is 24.0 Å². The highest BCUT2D eigenvalue weighted by molar-refractivity contribution is 8.00. The highest BCUT2D eigenvalue weighted by atomic mass is 32.2. The molecule has 0 bridgehead atoms. The third-order valence-corrected chi connectivity index (χ3v) is 10.8. The van der Waals surface area contributed by atoms with Gasteiger partial charge in [-0.05, 0) is 49.1 Å². The molecule has 0 radical (unpaired) electrons. The van der Waals surface area contributed by atoms with E-state index < -0.39 is 77.2 Å². The van der Waals surface area contributed by atoms with E-state index in [0.717, 1.165) is 35.5 Å². The highest BCUT2D eigenvalue weighted by Gasteiger charge is 2.42. The molecule has 0 aliphatic heterocycles. The predicted octanol–water partition coefficient (Wildman–Crippen LogP) is 2.13. The lowest BCUT2D eigenvalue weighted by Gasteiger charge is -2.45. The van der Waals surface area contributed by atoms with Gasteiger partial charge < -0.3 is 51.6 Å². The lowest BCUT2D eigenvalue weighted by atomic mass is 9.82. The molecule has 1 unspecified atom stereocenters. The molecule has 312 valence electrons. The summed E-state index contributed by atoms with van der Waals surface area (Å²) in [6.07, 6.45) is 1.18. The first-order valence-electron chi connectivity index (χ1n) is 18.3. The van der Waals surface area contributed by atoms with E-state index in [1.54, 1.807) is 12.3 Å². The lowest BCUT2D eigenvalue weighted by molar-refractivity contribution is -0.144. The molecule has 18 heteroatoms. The Morgan fingerprint density at radius 1 is 0.947 bits per heavy atom. The Morgan fingerprint density at radius 2 is 1.60 bits per heavy atom. The molecular formula is C39H52F2N6O9S. The highest BCUT2D eigenvalue weighted by Crippen LogP contribution is 2.40. The molecule has 3 rings (SSSR count). The Hall–Kier alpha value is -4.88. The molecule has 4 atom stereocenters. The number of benzene rings is 2. The van der Waals surface area contributed by atoms with Gasteiger partial charge in [0.05, 0.1) is 36.5 Å². The van der Waals surface area contributed by atoms with Crippen LogP contribution in [-0.2, 0) is 40.8 Å². The van der Waals surface area contributed by atoms with Crippen LogP contribution in [0.3, 0.4) is 0 Å². The first kappa shape index (κ1) is 46.5. The monoisotopic (exact) mass is 818 g/mol. The number of aliphatic carboxylic acids is 2. The maximum Gasteiger partial charge on any atom is 0.321 e. The number of hydrogen-bond acceptors (Lipinski definition) is 10. The molecule has 0 spiro atoms. The Kier molecular flexibility index (Phi) is 18.1. The van der Waals surface area contributed by atoms with E-state index in [9.17, 15) is 33.5 Å². The molecule has 2 aromatic carbocycles. The maximum absolute atomic E-state index is 15.0. The smallest absolute Gasteiger partial charge is 0.321 e. The summed E-state index contributed by atoms with van der Waals surface area (Å²) in [5, 5.41) is 32.3. The van der Waals surface area contributed by atoms with Gasteiger partial charge in [0.1, 0.15) is 24.3 Å². The van der Waals surface area contributed by atoms with Crippen LogP contribution in [0.5, 0.6) is 0 Å². The zero-order valence-corrected chi connectivity index (χ0v) is 33.0. The standard InChI is InChI=1S/C39H52F2N6O9S/c1-24(2)39(3,33-17-26(28-18-27(40)9-10-29(28)41)21-46(33)20-25-7-5-4-6-8-25)47(34(49)22-48)14-11-30(42)36(52)44-12-15-56-16-13-45-37(53)32(19-35(50)51)57-23-31(43)38(54)55/h4-10,17-18,21,24,30-32,48H,11-16,19-20,22-23,42-43H2,1-3H3,(H,44,52)(H,45,53)(H,50,51)(H,54,55)/t30-,31-,32?,39+/m0/s1. The molecule has 15 nitrogen and oxygen atoms in total. The number of carboxylic acid groups (broad SMARTS) is 2. The fourth-order valence-corrected chi connectivity index (χ4v) is 7.16. The van der Waals surface area contributed by atoms with Crippen molar-refractivity contribution in [2.45, 2.75) is 63.0 Å². The molecule has 9 N–H and O–H groups in total. The first-order valence-corrected chi connectivity index (χ1v) is 19.4. The number of amides is 3. The molecule has 3 aromatic rings. The quantitative estimate of drug-likeness (QED) is 0.0644. The van der Waals surface area contributed by atoms with E-state index in [-0.39, 0.29) is 56.5 Å². The number of thioether (sulfide) groups is 1. The number of rotatable bonds is 24. The van der Waals surface area contributed by atoms with Crippen LogP contribution in [-0.4, -0.2) is 117 Å². The van der Waals surface area contributed by atoms with Gasteiger partial charge in [0.15, 0.2) is 0 Å². The second-order valence-corrected chi connectivity index (χ2v) is 15.0. The number of aromatic nitrogens is 1. The normalized spacial score (nSPS) is 14.0. The number of nitrogens with zero attached hydrogens (tertiary/aromatic N) is 2. The second-order valence-electron chi connectivity index (χ2n) is 13.8. The Labute approximate surface area is 334 Å². The van der Waals surface area contributed by atoms with Crippen LogP contribution in [0.25, 0.3) is 11.1 Å². The molecule has 0 aliphatic rings. The average Bonchev–Trinajstić information content (AvgIpc) is 3.60. The molecule has 3 amide bonds. The molecule has 0 fully saturated rings. The minimum atomic E-state index is -1.27. The summed E-state index contributed by atoms with van der Waals surface area (Å²) in [4.78, 5) is 62.5. The van der Waals surface area contributed by atoms with Crippen LogP contribution in [0.2, 0.25) is 0 Å². The van der Waals surface area contributed by atoms with E-state index >= 15 is 4.39 Å². The number of carbonyl (C=O) groups is 5. The van der Waals surface area contributed by atoms with Crippen LogP contribution in [0, 0.1) is 17.6 Å². The van der Waals surface area contributed by atoms with Crippen molar-refractivity contribution >= 4 is 41.4 Å². The van der Waals surface area contributed by atoms with Gasteiger partial charge in [0, 0.05) is 54.9 Å². The lowest BCUT2D eigenvalue weighted by Crippen LogP contribution is -2.54. The van der Waals surface area contributed by atoms with E-state index in [1.165, 1.54) is 4.90 Å². The number of nitrogens with two attached hydrogens (primary N) is 2. The van der Waals surface area contributed by atoms with Crippen molar-refractivity contribution < 1.29 is 52.8 Å². The minimum absolute atomic E-state index is 0.00440. The van der Waals surface area contributed by atoms with Crippen LogP contribution in [0.1, 0.15) is 44.9 Å². The number of hydrogen-bond donors (Lipinski definition) is 7. The predicted molar refractivity (Wildman–Crippen MR) is 210 cm³/mol. The van der Waals surface area contributed by atoms with Gasteiger partial charge in [-0.2, -0.15) is 0 Å². The summed E-state index contributed by atoms with van der Waals surface area (Å²) < 4.78 is 36.7. The van der Waals surface area contributed by atoms with Crippen molar-refractivity contribution in [3.8, 4) is 11.1 Å². The zero-order chi connectivity index (χ0) is 42.3. The molecular weight excluding hydrogens is 767 g/mol.